The summed E-state index contributed by atoms with van der Waals surface area (Å²) in [5.41, 5.74) is 6.00. The fraction of sp³-hybridized carbons (Fsp3) is 0.692. The van der Waals surface area contributed by atoms with Crippen molar-refractivity contribution in [1.82, 2.24) is 9.97 Å². The maximum absolute atomic E-state index is 9.03. The molecular weight excluding hydrogens is 244 g/mol. The fourth-order valence-corrected chi connectivity index (χ4v) is 2.07. The van der Waals surface area contributed by atoms with Crippen molar-refractivity contribution in [2.45, 2.75) is 32.8 Å². The van der Waals surface area contributed by atoms with Gasteiger partial charge < -0.3 is 20.9 Å². The van der Waals surface area contributed by atoms with Gasteiger partial charge in [-0.3, -0.25) is 0 Å². The van der Waals surface area contributed by atoms with E-state index in [-0.39, 0.29) is 12.0 Å². The van der Waals surface area contributed by atoms with Crippen LogP contribution in [0.3, 0.4) is 0 Å². The third-order valence-corrected chi connectivity index (χ3v) is 3.47. The van der Waals surface area contributed by atoms with Crippen LogP contribution < -0.4 is 11.1 Å². The molecule has 0 aliphatic heterocycles. The number of aromatic nitrogens is 2. The first kappa shape index (κ1) is 14.0. The van der Waals surface area contributed by atoms with Crippen LogP contribution in [-0.2, 0) is 11.3 Å². The third kappa shape index (κ3) is 4.04. The van der Waals surface area contributed by atoms with Gasteiger partial charge in [-0.25, -0.2) is 9.97 Å². The van der Waals surface area contributed by atoms with Gasteiger partial charge in [0.15, 0.2) is 5.82 Å². The van der Waals surface area contributed by atoms with Crippen molar-refractivity contribution >= 4 is 11.6 Å². The molecule has 0 unspecified atom stereocenters. The van der Waals surface area contributed by atoms with E-state index in [1.807, 2.05) is 6.92 Å². The van der Waals surface area contributed by atoms with E-state index in [1.165, 1.54) is 0 Å². The zero-order valence-electron chi connectivity index (χ0n) is 11.4. The molecule has 0 bridgehead atoms. The highest BCUT2D eigenvalue weighted by atomic mass is 16.5. The van der Waals surface area contributed by atoms with Crippen LogP contribution in [0.2, 0.25) is 0 Å². The van der Waals surface area contributed by atoms with Crippen molar-refractivity contribution in [3.63, 3.8) is 0 Å². The number of anilines is 2. The highest BCUT2D eigenvalue weighted by molar-refractivity contribution is 5.44. The molecule has 106 valence electrons. The Labute approximate surface area is 113 Å². The van der Waals surface area contributed by atoms with Crippen molar-refractivity contribution in [3.05, 3.63) is 11.9 Å². The van der Waals surface area contributed by atoms with Gasteiger partial charge in [0.25, 0.3) is 0 Å². The molecule has 1 aromatic heterocycles. The van der Waals surface area contributed by atoms with Crippen molar-refractivity contribution in [1.29, 1.82) is 0 Å². The summed E-state index contributed by atoms with van der Waals surface area (Å²) >= 11 is 0. The molecule has 1 aliphatic carbocycles. The molecule has 0 spiro atoms. The molecule has 1 aliphatic rings. The Bertz CT molecular complexity index is 421. The molecule has 19 heavy (non-hydrogen) atoms. The third-order valence-electron chi connectivity index (χ3n) is 3.47. The highest BCUT2D eigenvalue weighted by Crippen LogP contribution is 2.48. The summed E-state index contributed by atoms with van der Waals surface area (Å²) in [5.74, 6) is 1.77. The van der Waals surface area contributed by atoms with Crippen LogP contribution in [0.25, 0.3) is 0 Å². The maximum atomic E-state index is 9.03. The number of hydrogen-bond donors (Lipinski definition) is 3. The van der Waals surface area contributed by atoms with E-state index in [2.05, 4.69) is 15.3 Å². The van der Waals surface area contributed by atoms with Crippen LogP contribution in [0.1, 0.15) is 32.0 Å². The van der Waals surface area contributed by atoms with Crippen LogP contribution in [0.4, 0.5) is 11.6 Å². The van der Waals surface area contributed by atoms with Gasteiger partial charge in [-0.1, -0.05) is 0 Å². The van der Waals surface area contributed by atoms with Gasteiger partial charge in [0.05, 0.1) is 0 Å². The molecule has 0 atom stereocenters. The summed E-state index contributed by atoms with van der Waals surface area (Å²) in [7, 11) is 0. The molecule has 2 rings (SSSR count). The van der Waals surface area contributed by atoms with Gasteiger partial charge in [0, 0.05) is 25.8 Å². The zero-order chi connectivity index (χ0) is 13.7. The lowest BCUT2D eigenvalue weighted by Crippen LogP contribution is -2.18. The molecule has 0 radical (unpaired) electrons. The minimum Gasteiger partial charge on any atom is -0.396 e. The Morgan fingerprint density at radius 2 is 2.26 bits per heavy atom. The lowest BCUT2D eigenvalue weighted by molar-refractivity contribution is 0.128. The first-order valence-corrected chi connectivity index (χ1v) is 6.73. The monoisotopic (exact) mass is 266 g/mol. The second-order valence-electron chi connectivity index (χ2n) is 5.06. The van der Waals surface area contributed by atoms with Crippen molar-refractivity contribution in [2.75, 3.05) is 30.8 Å². The van der Waals surface area contributed by atoms with Gasteiger partial charge >= 0.3 is 0 Å². The summed E-state index contributed by atoms with van der Waals surface area (Å²) in [6.07, 6.45) is 3.16. The van der Waals surface area contributed by atoms with Crippen molar-refractivity contribution in [3.8, 4) is 0 Å². The Morgan fingerprint density at radius 3 is 2.89 bits per heavy atom. The van der Waals surface area contributed by atoms with Crippen LogP contribution in [0.5, 0.6) is 0 Å². The number of nitrogens with two attached hydrogens (primary N) is 1. The predicted octanol–water partition coefficient (Wildman–Crippen LogP) is 1.17. The fourth-order valence-electron chi connectivity index (χ4n) is 2.07. The molecule has 0 aromatic carbocycles. The minimum absolute atomic E-state index is 0.239. The number of aliphatic hydroxyl groups is 1. The number of rotatable bonds is 8. The average molecular weight is 266 g/mol. The molecule has 1 aromatic rings. The second kappa shape index (κ2) is 6.16. The topological polar surface area (TPSA) is 93.3 Å². The number of nitrogens with one attached hydrogen (secondary N) is 1. The quantitative estimate of drug-likeness (QED) is 0.654. The number of nitrogen functional groups attached to an aromatic ring is 1. The molecule has 4 N–H and O–H groups in total. The summed E-state index contributed by atoms with van der Waals surface area (Å²) in [6.45, 7) is 3.98. The van der Waals surface area contributed by atoms with E-state index in [1.54, 1.807) is 6.07 Å². The van der Waals surface area contributed by atoms with E-state index in [4.69, 9.17) is 15.6 Å². The number of aliphatic hydroxyl groups excluding tert-OH is 1. The van der Waals surface area contributed by atoms with Gasteiger partial charge in [-0.15, -0.1) is 0 Å². The summed E-state index contributed by atoms with van der Waals surface area (Å²) in [5, 5.41) is 12.3. The second-order valence-corrected chi connectivity index (χ2v) is 5.06. The van der Waals surface area contributed by atoms with E-state index in [0.29, 0.717) is 24.9 Å². The van der Waals surface area contributed by atoms with Crippen LogP contribution in [0, 0.1) is 5.41 Å². The Hall–Kier alpha value is -1.40. The molecule has 0 amide bonds. The standard InChI is InChI=1S/C13H22N4O2/c1-2-19-8-12-16-10(14)7-11(17-12)15-9-13(3-4-13)5-6-18/h7,18H,2-6,8-9H2,1H3,(H3,14,15,16,17). The smallest absolute Gasteiger partial charge is 0.158 e. The lowest BCUT2D eigenvalue weighted by atomic mass is 10.0. The molecule has 6 heteroatoms. The molecule has 6 nitrogen and oxygen atoms in total. The van der Waals surface area contributed by atoms with Crippen molar-refractivity contribution in [2.24, 2.45) is 5.41 Å². The first-order chi connectivity index (χ1) is 9.17. The predicted molar refractivity (Wildman–Crippen MR) is 73.6 cm³/mol. The number of nitrogens with zero attached hydrogens (tertiary/aromatic N) is 2. The summed E-state index contributed by atoms with van der Waals surface area (Å²) < 4.78 is 5.28. The average Bonchev–Trinajstić information content (AvgIpc) is 3.14. The van der Waals surface area contributed by atoms with Crippen LogP contribution >= 0.6 is 0 Å². The van der Waals surface area contributed by atoms with Gasteiger partial charge in [-0.2, -0.15) is 0 Å². The van der Waals surface area contributed by atoms with Gasteiger partial charge in [0.2, 0.25) is 0 Å². The van der Waals surface area contributed by atoms with Crippen LogP contribution in [-0.4, -0.2) is 34.8 Å². The Kier molecular flexibility index (Phi) is 4.55. The summed E-state index contributed by atoms with van der Waals surface area (Å²) in [4.78, 5) is 8.50. The normalized spacial score (nSPS) is 16.3. The molecule has 0 saturated heterocycles. The molecule has 1 saturated carbocycles. The molecule has 1 heterocycles. The van der Waals surface area contributed by atoms with E-state index >= 15 is 0 Å². The van der Waals surface area contributed by atoms with Gasteiger partial charge in [-0.05, 0) is 31.6 Å². The maximum Gasteiger partial charge on any atom is 0.158 e. The Morgan fingerprint density at radius 1 is 1.47 bits per heavy atom. The number of ether oxygens (including phenoxy) is 1. The van der Waals surface area contributed by atoms with E-state index < -0.39 is 0 Å². The zero-order valence-corrected chi connectivity index (χ0v) is 11.4. The first-order valence-electron chi connectivity index (χ1n) is 6.73. The van der Waals surface area contributed by atoms with E-state index in [9.17, 15) is 0 Å². The molecule has 1 fully saturated rings. The van der Waals surface area contributed by atoms with Crippen LogP contribution in [0.15, 0.2) is 6.07 Å². The summed E-state index contributed by atoms with van der Waals surface area (Å²) in [6, 6.07) is 1.73. The van der Waals surface area contributed by atoms with E-state index in [0.717, 1.165) is 31.6 Å². The largest absolute Gasteiger partial charge is 0.396 e. The molecular formula is C13H22N4O2. The number of hydrogen-bond acceptors (Lipinski definition) is 6. The highest BCUT2D eigenvalue weighted by Gasteiger charge is 2.41. The lowest BCUT2D eigenvalue weighted by Gasteiger charge is -2.15. The minimum atomic E-state index is 0.239. The van der Waals surface area contributed by atoms with Crippen molar-refractivity contribution < 1.29 is 9.84 Å². The van der Waals surface area contributed by atoms with Gasteiger partial charge in [0.1, 0.15) is 18.2 Å². The Balaban J connectivity index is 1.94. The SMILES string of the molecule is CCOCc1nc(N)cc(NCC2(CCO)CC2)n1.